The summed E-state index contributed by atoms with van der Waals surface area (Å²) >= 11 is 12.7. The van der Waals surface area contributed by atoms with Crippen LogP contribution in [0.3, 0.4) is 0 Å². The van der Waals surface area contributed by atoms with Crippen molar-refractivity contribution in [1.29, 1.82) is 0 Å². The zero-order chi connectivity index (χ0) is 18.5. The summed E-state index contributed by atoms with van der Waals surface area (Å²) in [4.78, 5) is 14.7. The molecule has 0 spiro atoms. The van der Waals surface area contributed by atoms with E-state index in [1.807, 2.05) is 42.5 Å². The van der Waals surface area contributed by atoms with Gasteiger partial charge in [-0.3, -0.25) is 4.79 Å². The van der Waals surface area contributed by atoms with Crippen LogP contribution in [0.5, 0.6) is 0 Å². The molecular weight excluding hydrogens is 367 g/mol. The second kappa shape index (κ2) is 6.04. The SMILES string of the molecule is CC1(C)c2ccccc2N2CCC(=O)N[C@@]21/C=C/c1c(Cl)cccc1Cl. The van der Waals surface area contributed by atoms with Gasteiger partial charge < -0.3 is 10.2 Å². The van der Waals surface area contributed by atoms with Crippen LogP contribution in [0.1, 0.15) is 31.4 Å². The molecule has 1 fully saturated rings. The van der Waals surface area contributed by atoms with Crippen LogP contribution in [0.2, 0.25) is 10.0 Å². The predicted molar refractivity (Wildman–Crippen MR) is 108 cm³/mol. The monoisotopic (exact) mass is 386 g/mol. The fourth-order valence-corrected chi connectivity index (χ4v) is 4.72. The number of carbonyl (C=O) groups is 1. The highest BCUT2D eigenvalue weighted by Crippen LogP contribution is 2.52. The third-order valence-electron chi connectivity index (χ3n) is 5.63. The molecule has 0 radical (unpaired) electrons. The first-order valence-corrected chi connectivity index (χ1v) is 9.44. The van der Waals surface area contributed by atoms with Gasteiger partial charge in [0, 0.05) is 39.7 Å². The lowest BCUT2D eigenvalue weighted by molar-refractivity contribution is -0.124. The molecule has 1 amide bonds. The molecule has 2 aliphatic rings. The van der Waals surface area contributed by atoms with Crippen LogP contribution in [0.25, 0.3) is 6.08 Å². The summed E-state index contributed by atoms with van der Waals surface area (Å²) in [6.07, 6.45) is 4.45. The van der Waals surface area contributed by atoms with E-state index in [-0.39, 0.29) is 11.3 Å². The number of hydrogen-bond acceptors (Lipinski definition) is 2. The molecule has 4 rings (SSSR count). The van der Waals surface area contributed by atoms with E-state index in [0.717, 1.165) is 11.3 Å². The third-order valence-corrected chi connectivity index (χ3v) is 6.29. The molecular formula is C21H20Cl2N2O. The molecule has 1 saturated heterocycles. The molecule has 26 heavy (non-hydrogen) atoms. The maximum Gasteiger partial charge on any atom is 0.223 e. The highest BCUT2D eigenvalue weighted by Gasteiger charge is 2.57. The van der Waals surface area contributed by atoms with Crippen molar-refractivity contribution in [3.05, 3.63) is 69.7 Å². The summed E-state index contributed by atoms with van der Waals surface area (Å²) in [6, 6.07) is 13.8. The van der Waals surface area contributed by atoms with Gasteiger partial charge in [0.2, 0.25) is 5.91 Å². The van der Waals surface area contributed by atoms with Gasteiger partial charge in [0.05, 0.1) is 0 Å². The van der Waals surface area contributed by atoms with Crippen molar-refractivity contribution in [2.75, 3.05) is 11.4 Å². The zero-order valence-corrected chi connectivity index (χ0v) is 16.2. The van der Waals surface area contributed by atoms with Gasteiger partial charge in [0.1, 0.15) is 5.66 Å². The van der Waals surface area contributed by atoms with Crippen LogP contribution >= 0.6 is 23.2 Å². The molecule has 2 aliphatic heterocycles. The first-order valence-electron chi connectivity index (χ1n) is 8.68. The Morgan fingerprint density at radius 3 is 2.50 bits per heavy atom. The molecule has 1 N–H and O–H groups in total. The minimum atomic E-state index is -0.658. The van der Waals surface area contributed by atoms with Crippen molar-refractivity contribution in [3.8, 4) is 0 Å². The molecule has 0 aromatic heterocycles. The second-order valence-electron chi connectivity index (χ2n) is 7.33. The van der Waals surface area contributed by atoms with E-state index in [9.17, 15) is 4.79 Å². The summed E-state index contributed by atoms with van der Waals surface area (Å²) in [5, 5.41) is 4.43. The minimum Gasteiger partial charge on any atom is -0.344 e. The number of anilines is 1. The fourth-order valence-electron chi connectivity index (χ4n) is 4.19. The van der Waals surface area contributed by atoms with Gasteiger partial charge in [-0.25, -0.2) is 0 Å². The van der Waals surface area contributed by atoms with Crippen LogP contribution in [0, 0.1) is 0 Å². The number of carbonyl (C=O) groups excluding carboxylic acids is 1. The largest absolute Gasteiger partial charge is 0.344 e. The Hall–Kier alpha value is -1.97. The second-order valence-corrected chi connectivity index (χ2v) is 8.14. The number of rotatable bonds is 2. The van der Waals surface area contributed by atoms with Gasteiger partial charge in [-0.2, -0.15) is 0 Å². The van der Waals surface area contributed by atoms with Crippen LogP contribution in [-0.2, 0) is 10.2 Å². The number of para-hydroxylation sites is 1. The van der Waals surface area contributed by atoms with Gasteiger partial charge in [-0.1, -0.05) is 67.4 Å². The summed E-state index contributed by atoms with van der Waals surface area (Å²) in [5.74, 6) is 0.0528. The van der Waals surface area contributed by atoms with Gasteiger partial charge in [-0.05, 0) is 29.8 Å². The molecule has 0 aliphatic carbocycles. The lowest BCUT2D eigenvalue weighted by atomic mass is 9.74. The summed E-state index contributed by atoms with van der Waals surface area (Å²) in [6.45, 7) is 5.00. The predicted octanol–water partition coefficient (Wildman–Crippen LogP) is 5.02. The van der Waals surface area contributed by atoms with Gasteiger partial charge in [-0.15, -0.1) is 0 Å². The van der Waals surface area contributed by atoms with Gasteiger partial charge in [0.15, 0.2) is 0 Å². The Morgan fingerprint density at radius 2 is 1.77 bits per heavy atom. The van der Waals surface area contributed by atoms with Crippen LogP contribution in [0.4, 0.5) is 5.69 Å². The van der Waals surface area contributed by atoms with Crippen molar-refractivity contribution in [1.82, 2.24) is 5.32 Å². The molecule has 0 bridgehead atoms. The average Bonchev–Trinajstić information content (AvgIpc) is 2.79. The molecule has 134 valence electrons. The van der Waals surface area contributed by atoms with E-state index in [4.69, 9.17) is 23.2 Å². The summed E-state index contributed by atoms with van der Waals surface area (Å²) < 4.78 is 0. The first kappa shape index (κ1) is 17.4. The molecule has 3 nitrogen and oxygen atoms in total. The van der Waals surface area contributed by atoms with E-state index >= 15 is 0 Å². The van der Waals surface area contributed by atoms with E-state index in [1.165, 1.54) is 5.56 Å². The topological polar surface area (TPSA) is 32.3 Å². The van der Waals surface area contributed by atoms with Crippen molar-refractivity contribution in [2.45, 2.75) is 31.3 Å². The number of hydrogen-bond donors (Lipinski definition) is 1. The fraction of sp³-hybridized carbons (Fsp3) is 0.286. The Morgan fingerprint density at radius 1 is 1.08 bits per heavy atom. The number of fused-ring (bicyclic) bond motifs is 3. The van der Waals surface area contributed by atoms with E-state index in [0.29, 0.717) is 23.0 Å². The Balaban J connectivity index is 1.88. The lowest BCUT2D eigenvalue weighted by Gasteiger charge is -2.49. The number of nitrogens with one attached hydrogen (secondary N) is 1. The van der Waals surface area contributed by atoms with Crippen molar-refractivity contribution < 1.29 is 4.79 Å². The van der Waals surface area contributed by atoms with E-state index < -0.39 is 5.66 Å². The Kier molecular flexibility index (Phi) is 4.05. The van der Waals surface area contributed by atoms with Crippen LogP contribution in [0.15, 0.2) is 48.5 Å². The quantitative estimate of drug-likeness (QED) is 0.785. The molecule has 2 aromatic rings. The molecule has 2 heterocycles. The highest BCUT2D eigenvalue weighted by molar-refractivity contribution is 6.37. The smallest absolute Gasteiger partial charge is 0.223 e. The Labute approximate surface area is 163 Å². The minimum absolute atomic E-state index is 0.0528. The van der Waals surface area contributed by atoms with Crippen LogP contribution in [-0.4, -0.2) is 18.1 Å². The highest BCUT2D eigenvalue weighted by atomic mass is 35.5. The lowest BCUT2D eigenvalue weighted by Crippen LogP contribution is -2.68. The standard InChI is InChI=1S/C21H20Cl2N2O/c1-20(2)15-6-3-4-9-18(15)25-13-11-19(26)24-21(20,25)12-10-14-16(22)7-5-8-17(14)23/h3-10,12H,11,13H2,1-2H3,(H,24,26)/b12-10+/t21-/m0/s1. The normalized spacial score (nSPS) is 23.7. The zero-order valence-electron chi connectivity index (χ0n) is 14.7. The molecule has 5 heteroatoms. The third kappa shape index (κ3) is 2.38. The average molecular weight is 387 g/mol. The summed E-state index contributed by atoms with van der Waals surface area (Å²) in [7, 11) is 0. The number of halogens is 2. The molecule has 2 aromatic carbocycles. The number of amides is 1. The van der Waals surface area contributed by atoms with Crippen LogP contribution < -0.4 is 10.2 Å². The molecule has 0 saturated carbocycles. The van der Waals surface area contributed by atoms with Crippen molar-refractivity contribution in [3.63, 3.8) is 0 Å². The van der Waals surface area contributed by atoms with Crippen molar-refractivity contribution in [2.24, 2.45) is 0 Å². The molecule has 0 unspecified atom stereocenters. The maximum absolute atomic E-state index is 12.4. The van der Waals surface area contributed by atoms with E-state index in [1.54, 1.807) is 0 Å². The maximum atomic E-state index is 12.4. The molecule has 1 atom stereocenters. The Bertz CT molecular complexity index is 902. The number of benzene rings is 2. The number of nitrogens with zero attached hydrogens (tertiary/aromatic N) is 1. The van der Waals surface area contributed by atoms with Gasteiger partial charge in [0.25, 0.3) is 0 Å². The van der Waals surface area contributed by atoms with Crippen molar-refractivity contribution >= 4 is 40.9 Å². The van der Waals surface area contributed by atoms with E-state index in [2.05, 4.69) is 36.2 Å². The van der Waals surface area contributed by atoms with Gasteiger partial charge >= 0.3 is 0 Å². The first-order chi connectivity index (χ1) is 12.4. The summed E-state index contributed by atoms with van der Waals surface area (Å²) in [5.41, 5.74) is 2.17.